The number of aliphatic imine (C=N–C) groups is 1. The van der Waals surface area contributed by atoms with Crippen molar-refractivity contribution in [1.29, 1.82) is 0 Å². The molecule has 0 aromatic carbocycles. The van der Waals surface area contributed by atoms with E-state index in [1.165, 1.54) is 0 Å². The van der Waals surface area contributed by atoms with Crippen molar-refractivity contribution in [1.82, 2.24) is 9.80 Å². The van der Waals surface area contributed by atoms with Crippen LogP contribution >= 0.6 is 24.0 Å². The minimum Gasteiger partial charge on any atom is -0.378 e. The molecule has 1 fully saturated rings. The van der Waals surface area contributed by atoms with Crippen LogP contribution in [0.4, 0.5) is 0 Å². The molecule has 18 heavy (non-hydrogen) atoms. The van der Waals surface area contributed by atoms with Crippen molar-refractivity contribution in [3.05, 3.63) is 12.2 Å². The van der Waals surface area contributed by atoms with Crippen LogP contribution in [0.5, 0.6) is 0 Å². The van der Waals surface area contributed by atoms with E-state index < -0.39 is 0 Å². The van der Waals surface area contributed by atoms with E-state index in [0.717, 1.165) is 58.9 Å². The Bertz CT molecular complexity index is 290. The van der Waals surface area contributed by atoms with Crippen molar-refractivity contribution in [3.63, 3.8) is 0 Å². The number of nitrogens with two attached hydrogens (primary N) is 1. The van der Waals surface area contributed by atoms with Crippen LogP contribution in [-0.2, 0) is 4.74 Å². The summed E-state index contributed by atoms with van der Waals surface area (Å²) in [6.45, 7) is 7.21. The van der Waals surface area contributed by atoms with Gasteiger partial charge in [-0.2, -0.15) is 0 Å². The van der Waals surface area contributed by atoms with Gasteiger partial charge in [-0.1, -0.05) is 12.2 Å². The summed E-state index contributed by atoms with van der Waals surface area (Å²) in [5, 5.41) is 0. The Morgan fingerprint density at radius 3 is 2.67 bits per heavy atom. The van der Waals surface area contributed by atoms with Gasteiger partial charge in [-0.15, -0.1) is 24.0 Å². The molecule has 0 bridgehead atoms. The van der Waals surface area contributed by atoms with Crippen LogP contribution in [0.15, 0.2) is 17.1 Å². The molecule has 104 valence electrons. The number of morpholine rings is 1. The summed E-state index contributed by atoms with van der Waals surface area (Å²) < 4.78 is 5.28. The quantitative estimate of drug-likeness (QED) is 0.342. The summed E-state index contributed by atoms with van der Waals surface area (Å²) >= 11 is 0. The zero-order chi connectivity index (χ0) is 11.9. The van der Waals surface area contributed by atoms with Crippen LogP contribution in [0.2, 0.25) is 0 Å². The van der Waals surface area contributed by atoms with E-state index in [2.05, 4.69) is 26.9 Å². The van der Waals surface area contributed by atoms with Gasteiger partial charge in [0.05, 0.1) is 19.8 Å². The van der Waals surface area contributed by atoms with Crippen LogP contribution in [0.1, 0.15) is 6.42 Å². The second-order valence-electron chi connectivity index (χ2n) is 4.40. The minimum atomic E-state index is 0. The van der Waals surface area contributed by atoms with Gasteiger partial charge in [0.2, 0.25) is 0 Å². The lowest BCUT2D eigenvalue weighted by Crippen LogP contribution is -2.45. The highest BCUT2D eigenvalue weighted by molar-refractivity contribution is 14.0. The number of guanidine groups is 1. The van der Waals surface area contributed by atoms with Crippen LogP contribution in [-0.4, -0.2) is 68.2 Å². The van der Waals surface area contributed by atoms with Crippen LogP contribution in [0, 0.1) is 0 Å². The normalized spacial score (nSPS) is 21.8. The third kappa shape index (κ3) is 5.11. The lowest BCUT2D eigenvalue weighted by atomic mass is 10.2. The Hall–Kier alpha value is -0.340. The van der Waals surface area contributed by atoms with Crippen LogP contribution < -0.4 is 5.73 Å². The van der Waals surface area contributed by atoms with Gasteiger partial charge in [-0.3, -0.25) is 9.89 Å². The van der Waals surface area contributed by atoms with Crippen molar-refractivity contribution in [2.45, 2.75) is 6.42 Å². The lowest BCUT2D eigenvalue weighted by molar-refractivity contribution is 0.0674. The first-order chi connectivity index (χ1) is 8.36. The van der Waals surface area contributed by atoms with E-state index in [1.807, 2.05) is 0 Å². The maximum atomic E-state index is 5.95. The van der Waals surface area contributed by atoms with Gasteiger partial charge in [0.15, 0.2) is 5.96 Å². The molecule has 2 N–H and O–H groups in total. The summed E-state index contributed by atoms with van der Waals surface area (Å²) in [5.74, 6) is 0.667. The Morgan fingerprint density at radius 1 is 1.22 bits per heavy atom. The van der Waals surface area contributed by atoms with Crippen molar-refractivity contribution in [3.8, 4) is 0 Å². The fourth-order valence-corrected chi connectivity index (χ4v) is 2.09. The molecule has 5 nitrogen and oxygen atoms in total. The van der Waals surface area contributed by atoms with Crippen LogP contribution in [0.25, 0.3) is 0 Å². The standard InChI is InChI=1S/C12H22N4O.HI/c13-12(16-8-10-17-11-9-16)14-4-7-15-5-2-1-3-6-15;/h1-2H,3-11H2,(H2,13,14);1H. The molecule has 0 radical (unpaired) electrons. The number of halogens is 1. The molecule has 2 heterocycles. The molecule has 6 heteroatoms. The molecule has 2 aliphatic rings. The van der Waals surface area contributed by atoms with E-state index >= 15 is 0 Å². The highest BCUT2D eigenvalue weighted by Gasteiger charge is 2.12. The number of nitrogens with zero attached hydrogens (tertiary/aromatic N) is 3. The molecular formula is C12H23IN4O. The van der Waals surface area contributed by atoms with Gasteiger partial charge in [0.25, 0.3) is 0 Å². The molecule has 0 amide bonds. The highest BCUT2D eigenvalue weighted by atomic mass is 127. The summed E-state index contributed by atoms with van der Waals surface area (Å²) in [4.78, 5) is 8.94. The van der Waals surface area contributed by atoms with E-state index in [1.54, 1.807) is 0 Å². The zero-order valence-corrected chi connectivity index (χ0v) is 13.1. The van der Waals surface area contributed by atoms with E-state index in [-0.39, 0.29) is 24.0 Å². The summed E-state index contributed by atoms with van der Waals surface area (Å²) in [7, 11) is 0. The Kier molecular flexibility index (Phi) is 7.60. The lowest BCUT2D eigenvalue weighted by Gasteiger charge is -2.28. The Labute approximate surface area is 126 Å². The molecule has 2 aliphatic heterocycles. The number of hydrogen-bond acceptors (Lipinski definition) is 3. The first-order valence-electron chi connectivity index (χ1n) is 6.36. The topological polar surface area (TPSA) is 54.1 Å². The average molecular weight is 366 g/mol. The molecule has 0 aliphatic carbocycles. The first-order valence-corrected chi connectivity index (χ1v) is 6.36. The number of ether oxygens (including phenoxy) is 1. The fraction of sp³-hybridized carbons (Fsp3) is 0.750. The number of hydrogen-bond donors (Lipinski definition) is 1. The summed E-state index contributed by atoms with van der Waals surface area (Å²) in [5.41, 5.74) is 5.95. The van der Waals surface area contributed by atoms with Crippen molar-refractivity contribution in [2.24, 2.45) is 10.7 Å². The highest BCUT2D eigenvalue weighted by Crippen LogP contribution is 2.00. The second kappa shape index (κ2) is 8.71. The predicted molar refractivity (Wildman–Crippen MR) is 84.5 cm³/mol. The zero-order valence-electron chi connectivity index (χ0n) is 10.8. The second-order valence-corrected chi connectivity index (χ2v) is 4.40. The molecule has 0 aromatic rings. The largest absolute Gasteiger partial charge is 0.378 e. The van der Waals surface area contributed by atoms with Gasteiger partial charge in [0, 0.05) is 32.7 Å². The maximum Gasteiger partial charge on any atom is 0.191 e. The minimum absolute atomic E-state index is 0. The van der Waals surface area contributed by atoms with Gasteiger partial charge in [0.1, 0.15) is 0 Å². The monoisotopic (exact) mass is 366 g/mol. The van der Waals surface area contributed by atoms with Crippen LogP contribution in [0.3, 0.4) is 0 Å². The maximum absolute atomic E-state index is 5.95. The summed E-state index contributed by atoms with van der Waals surface area (Å²) in [6, 6.07) is 0. The van der Waals surface area contributed by atoms with Crippen molar-refractivity contribution in [2.75, 3.05) is 52.5 Å². The smallest absolute Gasteiger partial charge is 0.191 e. The Balaban J connectivity index is 0.00000162. The van der Waals surface area contributed by atoms with Gasteiger partial charge in [-0.05, 0) is 6.42 Å². The average Bonchev–Trinajstić information content (AvgIpc) is 2.41. The molecule has 0 aromatic heterocycles. The van der Waals surface area contributed by atoms with E-state index in [0.29, 0.717) is 5.96 Å². The van der Waals surface area contributed by atoms with Gasteiger partial charge in [-0.25, -0.2) is 0 Å². The molecule has 0 atom stereocenters. The molecule has 0 unspecified atom stereocenters. The molecule has 0 saturated carbocycles. The van der Waals surface area contributed by atoms with Gasteiger partial charge < -0.3 is 15.4 Å². The Morgan fingerprint density at radius 2 is 2.00 bits per heavy atom. The molecule has 0 spiro atoms. The van der Waals surface area contributed by atoms with Crippen molar-refractivity contribution >= 4 is 29.9 Å². The fourth-order valence-electron chi connectivity index (χ4n) is 2.09. The third-order valence-corrected chi connectivity index (χ3v) is 3.17. The molecule has 2 rings (SSSR count). The number of rotatable bonds is 3. The van der Waals surface area contributed by atoms with Gasteiger partial charge >= 0.3 is 0 Å². The molecule has 1 saturated heterocycles. The first kappa shape index (κ1) is 15.7. The van der Waals surface area contributed by atoms with E-state index in [4.69, 9.17) is 10.5 Å². The summed E-state index contributed by atoms with van der Waals surface area (Å²) in [6.07, 6.45) is 5.61. The predicted octanol–water partition coefficient (Wildman–Crippen LogP) is 0.513. The third-order valence-electron chi connectivity index (χ3n) is 3.17. The van der Waals surface area contributed by atoms with Crippen molar-refractivity contribution < 1.29 is 4.74 Å². The SMILES string of the molecule is I.NC(=NCCN1CC=CCC1)N1CCOCC1. The van der Waals surface area contributed by atoms with E-state index in [9.17, 15) is 0 Å². The molecular weight excluding hydrogens is 343 g/mol.